The number of hydrogen-bond acceptors (Lipinski definition) is 6. The van der Waals surface area contributed by atoms with Gasteiger partial charge < -0.3 is 19.9 Å². The van der Waals surface area contributed by atoms with E-state index in [0.29, 0.717) is 30.7 Å². The molecule has 0 saturated heterocycles. The van der Waals surface area contributed by atoms with E-state index in [2.05, 4.69) is 24.0 Å². The molecule has 0 spiro atoms. The maximum absolute atomic E-state index is 11.1. The predicted octanol–water partition coefficient (Wildman–Crippen LogP) is 2.16. The van der Waals surface area contributed by atoms with E-state index in [1.165, 1.54) is 0 Å². The van der Waals surface area contributed by atoms with E-state index in [1.54, 1.807) is 7.11 Å². The van der Waals surface area contributed by atoms with Gasteiger partial charge in [-0.15, -0.1) is 0 Å². The predicted molar refractivity (Wildman–Crippen MR) is 90.7 cm³/mol. The minimum atomic E-state index is -0.348. The Hall–Kier alpha value is -2.57. The van der Waals surface area contributed by atoms with Gasteiger partial charge in [0.1, 0.15) is 5.75 Å². The molecule has 0 saturated carbocycles. The summed E-state index contributed by atoms with van der Waals surface area (Å²) in [5.74, 6) is 2.10. The van der Waals surface area contributed by atoms with Crippen LogP contribution in [0.5, 0.6) is 5.75 Å². The highest BCUT2D eigenvalue weighted by Gasteiger charge is 2.14. The quantitative estimate of drug-likeness (QED) is 0.756. The van der Waals surface area contributed by atoms with Crippen LogP contribution in [0.2, 0.25) is 0 Å². The fourth-order valence-electron chi connectivity index (χ4n) is 2.30. The van der Waals surface area contributed by atoms with Crippen molar-refractivity contribution in [2.75, 3.05) is 18.6 Å². The van der Waals surface area contributed by atoms with Crippen molar-refractivity contribution in [3.8, 4) is 5.75 Å². The van der Waals surface area contributed by atoms with Crippen LogP contribution in [-0.4, -0.2) is 29.7 Å². The van der Waals surface area contributed by atoms with E-state index in [4.69, 9.17) is 15.0 Å². The third-order valence-corrected chi connectivity index (χ3v) is 3.49. The Bertz CT molecular complexity index is 652. The number of amides is 1. The summed E-state index contributed by atoms with van der Waals surface area (Å²) in [6.07, 6.45) is 1.02. The number of carbonyl (C=O) groups is 1. The van der Waals surface area contributed by atoms with Crippen molar-refractivity contribution >= 4 is 11.6 Å². The SMILES string of the molecule is COc1ccc(N(CCC(N)=O)Cc2nc(CC(C)C)no2)cc1. The van der Waals surface area contributed by atoms with Gasteiger partial charge in [0.05, 0.1) is 13.7 Å². The Kier molecular flexibility index (Phi) is 6.17. The highest BCUT2D eigenvalue weighted by Crippen LogP contribution is 2.21. The first-order chi connectivity index (χ1) is 11.5. The second-order valence-corrected chi connectivity index (χ2v) is 6.04. The molecule has 0 bridgehead atoms. The first-order valence-corrected chi connectivity index (χ1v) is 7.96. The van der Waals surface area contributed by atoms with Gasteiger partial charge in [-0.3, -0.25) is 4.79 Å². The molecule has 0 radical (unpaired) electrons. The Morgan fingerprint density at radius 2 is 2.04 bits per heavy atom. The molecule has 7 nitrogen and oxygen atoms in total. The molecule has 24 heavy (non-hydrogen) atoms. The van der Waals surface area contributed by atoms with Crippen LogP contribution in [-0.2, 0) is 17.8 Å². The molecule has 1 aromatic carbocycles. The number of ether oxygens (including phenoxy) is 1. The molecule has 0 aliphatic carbocycles. The van der Waals surface area contributed by atoms with Crippen LogP contribution in [0.4, 0.5) is 5.69 Å². The third kappa shape index (κ3) is 5.26. The maximum Gasteiger partial charge on any atom is 0.246 e. The average Bonchev–Trinajstić information content (AvgIpc) is 2.97. The summed E-state index contributed by atoms with van der Waals surface area (Å²) >= 11 is 0. The van der Waals surface area contributed by atoms with Gasteiger partial charge in [-0.2, -0.15) is 4.98 Å². The van der Waals surface area contributed by atoms with E-state index in [-0.39, 0.29) is 12.3 Å². The molecular formula is C17H24N4O3. The first kappa shape index (κ1) is 17.8. The molecule has 1 heterocycles. The minimum absolute atomic E-state index is 0.249. The molecule has 7 heteroatoms. The van der Waals surface area contributed by atoms with Crippen LogP contribution in [0, 0.1) is 5.92 Å². The molecule has 0 atom stereocenters. The van der Waals surface area contributed by atoms with Crippen molar-refractivity contribution in [3.05, 3.63) is 36.0 Å². The van der Waals surface area contributed by atoms with E-state index in [1.807, 2.05) is 29.2 Å². The number of primary amides is 1. The molecule has 2 aromatic rings. The lowest BCUT2D eigenvalue weighted by Crippen LogP contribution is -2.27. The summed E-state index contributed by atoms with van der Waals surface area (Å²) < 4.78 is 10.5. The fourth-order valence-corrected chi connectivity index (χ4v) is 2.30. The molecule has 2 rings (SSSR count). The zero-order valence-corrected chi connectivity index (χ0v) is 14.4. The van der Waals surface area contributed by atoms with Crippen LogP contribution in [0.25, 0.3) is 0 Å². The number of nitrogens with two attached hydrogens (primary N) is 1. The summed E-state index contributed by atoms with van der Waals surface area (Å²) in [6, 6.07) is 7.58. The summed E-state index contributed by atoms with van der Waals surface area (Å²) in [5.41, 5.74) is 6.21. The lowest BCUT2D eigenvalue weighted by atomic mass is 10.1. The number of methoxy groups -OCH3 is 1. The van der Waals surface area contributed by atoms with Crippen LogP contribution >= 0.6 is 0 Å². The summed E-state index contributed by atoms with van der Waals surface area (Å²) in [5, 5.41) is 4.00. The summed E-state index contributed by atoms with van der Waals surface area (Å²) in [4.78, 5) is 17.5. The Morgan fingerprint density at radius 1 is 1.33 bits per heavy atom. The van der Waals surface area contributed by atoms with Gasteiger partial charge in [-0.25, -0.2) is 0 Å². The molecule has 1 aromatic heterocycles. The van der Waals surface area contributed by atoms with Crippen molar-refractivity contribution in [2.24, 2.45) is 11.7 Å². The second-order valence-electron chi connectivity index (χ2n) is 6.04. The molecule has 130 valence electrons. The number of carbonyl (C=O) groups excluding carboxylic acids is 1. The molecule has 0 aliphatic heterocycles. The summed E-state index contributed by atoms with van der Waals surface area (Å²) in [7, 11) is 1.62. The number of hydrogen-bond donors (Lipinski definition) is 1. The molecule has 1 amide bonds. The Morgan fingerprint density at radius 3 is 2.62 bits per heavy atom. The molecular weight excluding hydrogens is 308 g/mol. The number of anilines is 1. The topological polar surface area (TPSA) is 94.5 Å². The Balaban J connectivity index is 2.12. The van der Waals surface area contributed by atoms with Gasteiger partial charge in [0.15, 0.2) is 5.82 Å². The standard InChI is InChI=1S/C17H24N4O3/c1-12(2)10-16-19-17(24-20-16)11-21(9-8-15(18)22)13-4-6-14(23-3)7-5-13/h4-7,12H,8-11H2,1-3H3,(H2,18,22). The van der Waals surface area contributed by atoms with Gasteiger partial charge in [0, 0.05) is 25.1 Å². The van der Waals surface area contributed by atoms with Crippen LogP contribution < -0.4 is 15.4 Å². The maximum atomic E-state index is 11.1. The Labute approximate surface area is 141 Å². The van der Waals surface area contributed by atoms with Gasteiger partial charge in [0.2, 0.25) is 11.8 Å². The first-order valence-electron chi connectivity index (χ1n) is 7.96. The fraction of sp³-hybridized carbons (Fsp3) is 0.471. The van der Waals surface area contributed by atoms with Gasteiger partial charge in [-0.1, -0.05) is 19.0 Å². The highest BCUT2D eigenvalue weighted by molar-refractivity contribution is 5.74. The van der Waals surface area contributed by atoms with E-state index >= 15 is 0 Å². The normalized spacial score (nSPS) is 10.8. The number of benzene rings is 1. The van der Waals surface area contributed by atoms with Gasteiger partial charge in [0.25, 0.3) is 0 Å². The van der Waals surface area contributed by atoms with Crippen molar-refractivity contribution in [1.82, 2.24) is 10.1 Å². The van der Waals surface area contributed by atoms with E-state index in [9.17, 15) is 4.79 Å². The van der Waals surface area contributed by atoms with Crippen LogP contribution in [0.1, 0.15) is 32.0 Å². The van der Waals surface area contributed by atoms with Crippen molar-refractivity contribution in [2.45, 2.75) is 33.2 Å². The molecule has 2 N–H and O–H groups in total. The van der Waals surface area contributed by atoms with Gasteiger partial charge in [-0.05, 0) is 30.2 Å². The van der Waals surface area contributed by atoms with Crippen molar-refractivity contribution < 1.29 is 14.1 Å². The largest absolute Gasteiger partial charge is 0.497 e. The number of nitrogens with zero attached hydrogens (tertiary/aromatic N) is 3. The lowest BCUT2D eigenvalue weighted by Gasteiger charge is -2.22. The third-order valence-electron chi connectivity index (χ3n) is 3.49. The zero-order chi connectivity index (χ0) is 17.5. The monoisotopic (exact) mass is 332 g/mol. The highest BCUT2D eigenvalue weighted by atomic mass is 16.5. The molecule has 0 fully saturated rings. The van der Waals surface area contributed by atoms with Crippen molar-refractivity contribution in [3.63, 3.8) is 0 Å². The lowest BCUT2D eigenvalue weighted by molar-refractivity contribution is -0.117. The molecule has 0 aliphatic rings. The number of rotatable bonds is 9. The van der Waals surface area contributed by atoms with Crippen LogP contribution in [0.3, 0.4) is 0 Å². The van der Waals surface area contributed by atoms with E-state index < -0.39 is 0 Å². The summed E-state index contributed by atoms with van der Waals surface area (Å²) in [6.45, 7) is 5.10. The molecule has 0 unspecified atom stereocenters. The average molecular weight is 332 g/mol. The van der Waals surface area contributed by atoms with E-state index in [0.717, 1.165) is 17.9 Å². The van der Waals surface area contributed by atoms with Crippen molar-refractivity contribution in [1.29, 1.82) is 0 Å². The number of aromatic nitrogens is 2. The van der Waals surface area contributed by atoms with Gasteiger partial charge >= 0.3 is 0 Å². The zero-order valence-electron chi connectivity index (χ0n) is 14.4. The minimum Gasteiger partial charge on any atom is -0.497 e. The smallest absolute Gasteiger partial charge is 0.246 e. The second kappa shape index (κ2) is 8.33. The van der Waals surface area contributed by atoms with Crippen LogP contribution in [0.15, 0.2) is 28.8 Å².